The van der Waals surface area contributed by atoms with Crippen LogP contribution in [0.1, 0.15) is 19.1 Å². The second-order valence-electron chi connectivity index (χ2n) is 4.35. The quantitative estimate of drug-likeness (QED) is 0.799. The normalized spacial score (nSPS) is 22.7. The molecule has 0 aromatic carbocycles. The molecule has 0 aliphatic carbocycles. The Bertz CT molecular complexity index is 606. The lowest BCUT2D eigenvalue weighted by Gasteiger charge is -1.98. The highest BCUT2D eigenvalue weighted by atomic mass is 32.2. The van der Waals surface area contributed by atoms with Gasteiger partial charge >= 0.3 is 5.97 Å². The Kier molecular flexibility index (Phi) is 3.06. The topological polar surface area (TPSA) is 78.4 Å². The van der Waals surface area contributed by atoms with Gasteiger partial charge in [-0.15, -0.1) is 10.2 Å². The van der Waals surface area contributed by atoms with E-state index in [1.54, 1.807) is 12.3 Å². The Labute approximate surface area is 113 Å². The molecular weight excluding hydrogens is 268 g/mol. The summed E-state index contributed by atoms with van der Waals surface area (Å²) in [6, 6.07) is 1.77. The number of carbonyl (C=O) groups is 1. The fourth-order valence-corrected chi connectivity index (χ4v) is 2.89. The SMILES string of the molecule is Cc1occc1-c1nnc(S[C@H]2C[C@@H](C)OC2=O)o1. The summed E-state index contributed by atoms with van der Waals surface area (Å²) in [7, 11) is 0. The first-order valence-electron chi connectivity index (χ1n) is 5.88. The zero-order chi connectivity index (χ0) is 13.4. The zero-order valence-electron chi connectivity index (χ0n) is 10.5. The smallest absolute Gasteiger partial charge is 0.320 e. The standard InChI is InChI=1S/C12H12N2O4S/c1-6-5-9(11(15)17-6)19-12-14-13-10(18-12)8-3-4-16-7(8)2/h3-4,6,9H,5H2,1-2H3/t6-,9+/m1/s1. The molecule has 0 spiro atoms. The molecule has 1 aliphatic rings. The fraction of sp³-hybridized carbons (Fsp3) is 0.417. The lowest BCUT2D eigenvalue weighted by Crippen LogP contribution is -2.09. The number of ether oxygens (including phenoxy) is 1. The Morgan fingerprint density at radius 2 is 2.26 bits per heavy atom. The van der Waals surface area contributed by atoms with Gasteiger partial charge in [0, 0.05) is 6.42 Å². The fourth-order valence-electron chi connectivity index (χ4n) is 1.91. The molecule has 2 aromatic heterocycles. The first kappa shape index (κ1) is 12.3. The van der Waals surface area contributed by atoms with Crippen LogP contribution in [0, 0.1) is 6.92 Å². The van der Waals surface area contributed by atoms with Crippen LogP contribution in [0.2, 0.25) is 0 Å². The van der Waals surface area contributed by atoms with Crippen molar-refractivity contribution in [2.75, 3.05) is 0 Å². The van der Waals surface area contributed by atoms with Gasteiger partial charge in [-0.1, -0.05) is 0 Å². The van der Waals surface area contributed by atoms with Crippen molar-refractivity contribution in [2.24, 2.45) is 0 Å². The Morgan fingerprint density at radius 3 is 2.89 bits per heavy atom. The third kappa shape index (κ3) is 2.37. The van der Waals surface area contributed by atoms with E-state index < -0.39 is 0 Å². The molecular formula is C12H12N2O4S. The van der Waals surface area contributed by atoms with Crippen LogP contribution in [0.15, 0.2) is 26.4 Å². The van der Waals surface area contributed by atoms with Crippen molar-refractivity contribution in [3.63, 3.8) is 0 Å². The molecule has 1 aliphatic heterocycles. The van der Waals surface area contributed by atoms with Gasteiger partial charge in [0.1, 0.15) is 17.1 Å². The molecule has 0 unspecified atom stereocenters. The van der Waals surface area contributed by atoms with Crippen LogP contribution in [-0.4, -0.2) is 27.5 Å². The summed E-state index contributed by atoms with van der Waals surface area (Å²) < 4.78 is 15.8. The minimum atomic E-state index is -0.270. The molecule has 2 aromatic rings. The van der Waals surface area contributed by atoms with E-state index in [-0.39, 0.29) is 17.3 Å². The van der Waals surface area contributed by atoms with Gasteiger partial charge in [-0.05, 0) is 31.7 Å². The van der Waals surface area contributed by atoms with Gasteiger partial charge in [-0.25, -0.2) is 0 Å². The van der Waals surface area contributed by atoms with E-state index in [1.165, 1.54) is 11.8 Å². The van der Waals surface area contributed by atoms with E-state index >= 15 is 0 Å². The van der Waals surface area contributed by atoms with Crippen molar-refractivity contribution in [1.29, 1.82) is 0 Å². The van der Waals surface area contributed by atoms with Crippen molar-refractivity contribution < 1.29 is 18.4 Å². The molecule has 6 nitrogen and oxygen atoms in total. The van der Waals surface area contributed by atoms with Crippen molar-refractivity contribution in [3.05, 3.63) is 18.1 Å². The summed E-state index contributed by atoms with van der Waals surface area (Å²) >= 11 is 1.24. The van der Waals surface area contributed by atoms with Gasteiger partial charge < -0.3 is 13.6 Å². The molecule has 0 amide bonds. The minimum absolute atomic E-state index is 0.0523. The molecule has 0 radical (unpaired) electrons. The summed E-state index contributed by atoms with van der Waals surface area (Å²) in [5.41, 5.74) is 0.765. The summed E-state index contributed by atoms with van der Waals surface area (Å²) in [5, 5.41) is 7.99. The summed E-state index contributed by atoms with van der Waals surface area (Å²) in [6.45, 7) is 3.69. The number of furan rings is 1. The molecule has 3 heterocycles. The van der Waals surface area contributed by atoms with E-state index in [1.807, 2.05) is 13.8 Å². The van der Waals surface area contributed by atoms with Gasteiger partial charge in [0.25, 0.3) is 11.1 Å². The first-order valence-corrected chi connectivity index (χ1v) is 6.76. The van der Waals surface area contributed by atoms with Crippen LogP contribution in [0.3, 0.4) is 0 Å². The maximum Gasteiger partial charge on any atom is 0.320 e. The molecule has 1 fully saturated rings. The van der Waals surface area contributed by atoms with Gasteiger partial charge in [0.2, 0.25) is 0 Å². The number of esters is 1. The molecule has 0 N–H and O–H groups in total. The molecule has 1 saturated heterocycles. The highest BCUT2D eigenvalue weighted by Gasteiger charge is 2.34. The van der Waals surface area contributed by atoms with Crippen LogP contribution in [-0.2, 0) is 9.53 Å². The second-order valence-corrected chi connectivity index (χ2v) is 5.51. The number of thioether (sulfide) groups is 1. The van der Waals surface area contributed by atoms with Crippen molar-refractivity contribution in [1.82, 2.24) is 10.2 Å². The minimum Gasteiger partial charge on any atom is -0.469 e. The maximum atomic E-state index is 11.5. The van der Waals surface area contributed by atoms with Crippen molar-refractivity contribution >= 4 is 17.7 Å². The van der Waals surface area contributed by atoms with Gasteiger partial charge in [0.05, 0.1) is 11.8 Å². The number of rotatable bonds is 3. The van der Waals surface area contributed by atoms with E-state index in [0.717, 1.165) is 5.56 Å². The lowest BCUT2D eigenvalue weighted by molar-refractivity contribution is -0.140. The van der Waals surface area contributed by atoms with Crippen molar-refractivity contribution in [3.8, 4) is 11.5 Å². The second kappa shape index (κ2) is 4.73. The first-order chi connectivity index (χ1) is 9.13. The number of aryl methyl sites for hydroxylation is 1. The number of nitrogens with zero attached hydrogens (tertiary/aromatic N) is 2. The summed E-state index contributed by atoms with van der Waals surface area (Å²) in [6.07, 6.45) is 2.17. The number of hydrogen-bond donors (Lipinski definition) is 0. The van der Waals surface area contributed by atoms with E-state index in [2.05, 4.69) is 10.2 Å². The lowest BCUT2D eigenvalue weighted by atomic mass is 10.3. The summed E-state index contributed by atoms with van der Waals surface area (Å²) in [4.78, 5) is 11.5. The van der Waals surface area contributed by atoms with E-state index in [4.69, 9.17) is 13.6 Å². The van der Waals surface area contributed by atoms with Crippen molar-refractivity contribution in [2.45, 2.75) is 36.8 Å². The number of cyclic esters (lactones) is 1. The number of aromatic nitrogens is 2. The van der Waals surface area contributed by atoms with E-state index in [0.29, 0.717) is 23.3 Å². The number of carbonyl (C=O) groups excluding carboxylic acids is 1. The van der Waals surface area contributed by atoms with Gasteiger partial charge in [-0.2, -0.15) is 0 Å². The largest absolute Gasteiger partial charge is 0.469 e. The van der Waals surface area contributed by atoms with Gasteiger partial charge in [-0.3, -0.25) is 4.79 Å². The molecule has 100 valence electrons. The Balaban J connectivity index is 1.76. The highest BCUT2D eigenvalue weighted by molar-refractivity contribution is 8.00. The zero-order valence-corrected chi connectivity index (χ0v) is 11.3. The summed E-state index contributed by atoms with van der Waals surface area (Å²) in [5.74, 6) is 0.888. The molecule has 2 atom stereocenters. The van der Waals surface area contributed by atoms with Gasteiger partial charge in [0.15, 0.2) is 0 Å². The van der Waals surface area contributed by atoms with Crippen LogP contribution < -0.4 is 0 Å². The molecule has 7 heteroatoms. The number of hydrogen-bond acceptors (Lipinski definition) is 7. The Hall–Kier alpha value is -1.76. The highest BCUT2D eigenvalue weighted by Crippen LogP contribution is 2.33. The predicted molar refractivity (Wildman–Crippen MR) is 66.6 cm³/mol. The third-order valence-electron chi connectivity index (χ3n) is 2.86. The molecule has 19 heavy (non-hydrogen) atoms. The predicted octanol–water partition coefficient (Wildman–Crippen LogP) is 2.43. The maximum absolute atomic E-state index is 11.5. The Morgan fingerprint density at radius 1 is 1.42 bits per heavy atom. The van der Waals surface area contributed by atoms with Crippen LogP contribution in [0.25, 0.3) is 11.5 Å². The van der Waals surface area contributed by atoms with E-state index in [9.17, 15) is 4.79 Å². The van der Waals surface area contributed by atoms with Crippen LogP contribution in [0.5, 0.6) is 0 Å². The average Bonchev–Trinajstić information content (AvgIpc) is 3.02. The monoisotopic (exact) mass is 280 g/mol. The molecule has 0 saturated carbocycles. The molecule has 0 bridgehead atoms. The average molecular weight is 280 g/mol. The van der Waals surface area contributed by atoms with Crippen LogP contribution >= 0.6 is 11.8 Å². The van der Waals surface area contributed by atoms with Crippen LogP contribution in [0.4, 0.5) is 0 Å². The third-order valence-corrected chi connectivity index (χ3v) is 3.90. The molecule has 3 rings (SSSR count).